The van der Waals surface area contributed by atoms with Crippen LogP contribution in [0.15, 0.2) is 24.3 Å². The molecule has 0 bridgehead atoms. The number of ether oxygens (including phenoxy) is 1. The van der Waals surface area contributed by atoms with E-state index in [4.69, 9.17) is 9.84 Å². The predicted octanol–water partition coefficient (Wildman–Crippen LogP) is 3.69. The van der Waals surface area contributed by atoms with E-state index >= 15 is 0 Å². The van der Waals surface area contributed by atoms with Crippen LogP contribution < -0.4 is 10.1 Å². The topological polar surface area (TPSA) is 75.6 Å². The normalized spacial score (nSPS) is 21.5. The number of carboxylic acids is 1. The number of rotatable bonds is 4. The number of carbonyl (C=O) groups is 2. The minimum Gasteiger partial charge on any atom is -0.488 e. The molecule has 0 radical (unpaired) electrons. The Morgan fingerprint density at radius 1 is 1.13 bits per heavy atom. The van der Waals surface area contributed by atoms with Gasteiger partial charge >= 0.3 is 5.97 Å². The van der Waals surface area contributed by atoms with Crippen molar-refractivity contribution in [2.45, 2.75) is 52.1 Å². The zero-order chi connectivity index (χ0) is 17.0. The molecule has 0 saturated heterocycles. The van der Waals surface area contributed by atoms with Crippen molar-refractivity contribution < 1.29 is 19.4 Å². The molecule has 1 amide bonds. The van der Waals surface area contributed by atoms with Crippen molar-refractivity contribution in [2.75, 3.05) is 5.32 Å². The van der Waals surface area contributed by atoms with Crippen molar-refractivity contribution in [3.63, 3.8) is 0 Å². The van der Waals surface area contributed by atoms with Crippen molar-refractivity contribution in [3.8, 4) is 5.75 Å². The third-order valence-corrected chi connectivity index (χ3v) is 3.94. The van der Waals surface area contributed by atoms with Crippen molar-refractivity contribution in [1.82, 2.24) is 0 Å². The summed E-state index contributed by atoms with van der Waals surface area (Å²) in [7, 11) is 0. The molecule has 2 unspecified atom stereocenters. The Morgan fingerprint density at radius 2 is 1.74 bits per heavy atom. The van der Waals surface area contributed by atoms with Crippen molar-refractivity contribution in [1.29, 1.82) is 0 Å². The van der Waals surface area contributed by atoms with Gasteiger partial charge in [-0.3, -0.25) is 9.59 Å². The van der Waals surface area contributed by atoms with Gasteiger partial charge in [0, 0.05) is 11.6 Å². The second-order valence-corrected chi connectivity index (χ2v) is 7.13. The molecular weight excluding hydrogens is 294 g/mol. The summed E-state index contributed by atoms with van der Waals surface area (Å²) in [4.78, 5) is 23.4. The highest BCUT2D eigenvalue weighted by atomic mass is 16.5. The van der Waals surface area contributed by atoms with Crippen molar-refractivity contribution >= 4 is 17.6 Å². The van der Waals surface area contributed by atoms with E-state index in [1.807, 2.05) is 32.9 Å². The Hall–Kier alpha value is -2.04. The monoisotopic (exact) mass is 319 g/mol. The molecule has 2 N–H and O–H groups in total. The van der Waals surface area contributed by atoms with Crippen LogP contribution in [0.4, 0.5) is 5.69 Å². The summed E-state index contributed by atoms with van der Waals surface area (Å²) in [5.74, 6) is -0.775. The number of nitrogens with one attached hydrogen (secondary N) is 1. The first-order chi connectivity index (χ1) is 10.7. The Balaban J connectivity index is 1.93. The number of amides is 1. The number of hydrogen-bond acceptors (Lipinski definition) is 3. The van der Waals surface area contributed by atoms with Gasteiger partial charge in [0.15, 0.2) is 0 Å². The number of carbonyl (C=O) groups excluding carboxylic acids is 1. The lowest BCUT2D eigenvalue weighted by atomic mass is 9.81. The van der Waals surface area contributed by atoms with Gasteiger partial charge in [0.2, 0.25) is 5.91 Å². The zero-order valence-corrected chi connectivity index (χ0v) is 14.0. The molecule has 126 valence electrons. The van der Waals surface area contributed by atoms with Gasteiger partial charge in [0.25, 0.3) is 0 Å². The third-order valence-electron chi connectivity index (χ3n) is 3.94. The third kappa shape index (κ3) is 5.27. The van der Waals surface area contributed by atoms with Crippen LogP contribution in [-0.2, 0) is 9.59 Å². The Kier molecular flexibility index (Phi) is 5.29. The summed E-state index contributed by atoms with van der Waals surface area (Å²) < 4.78 is 5.74. The van der Waals surface area contributed by atoms with E-state index in [2.05, 4.69) is 5.32 Å². The zero-order valence-electron chi connectivity index (χ0n) is 14.0. The number of aliphatic carboxylic acids is 1. The molecule has 5 nitrogen and oxygen atoms in total. The molecule has 23 heavy (non-hydrogen) atoms. The highest BCUT2D eigenvalue weighted by molar-refractivity contribution is 5.93. The number of hydrogen-bond donors (Lipinski definition) is 2. The molecule has 0 aromatic heterocycles. The van der Waals surface area contributed by atoms with Crippen LogP contribution in [-0.4, -0.2) is 22.6 Å². The molecule has 1 aliphatic carbocycles. The van der Waals surface area contributed by atoms with E-state index in [-0.39, 0.29) is 17.4 Å². The Labute approximate surface area is 137 Å². The van der Waals surface area contributed by atoms with Crippen LogP contribution in [0, 0.1) is 11.8 Å². The standard InChI is InChI=1S/C18H25NO4/c1-18(2,3)23-15-9-7-14(8-10-15)19-16(20)12-5-4-6-13(11-12)17(21)22/h7-10,12-13H,4-6,11H2,1-3H3,(H,19,20)(H,21,22). The van der Waals surface area contributed by atoms with E-state index < -0.39 is 11.9 Å². The van der Waals surface area contributed by atoms with E-state index in [9.17, 15) is 9.59 Å². The fourth-order valence-corrected chi connectivity index (χ4v) is 2.86. The average molecular weight is 319 g/mol. The van der Waals surface area contributed by atoms with Crippen LogP contribution in [0.3, 0.4) is 0 Å². The average Bonchev–Trinajstić information content (AvgIpc) is 2.48. The molecule has 2 rings (SSSR count). The van der Waals surface area contributed by atoms with Gasteiger partial charge in [0.05, 0.1) is 5.92 Å². The molecule has 1 saturated carbocycles. The van der Waals surface area contributed by atoms with Crippen LogP contribution in [0.1, 0.15) is 46.5 Å². The van der Waals surface area contributed by atoms with E-state index in [1.165, 1.54) is 0 Å². The molecule has 5 heteroatoms. The summed E-state index contributed by atoms with van der Waals surface area (Å²) in [6.45, 7) is 5.93. The van der Waals surface area contributed by atoms with Gasteiger partial charge in [-0.1, -0.05) is 6.42 Å². The second kappa shape index (κ2) is 7.02. The molecule has 0 heterocycles. The first-order valence-corrected chi connectivity index (χ1v) is 8.07. The highest BCUT2D eigenvalue weighted by Crippen LogP contribution is 2.30. The van der Waals surface area contributed by atoms with Crippen molar-refractivity contribution in [2.24, 2.45) is 11.8 Å². The SMILES string of the molecule is CC(C)(C)Oc1ccc(NC(=O)C2CCCC(C(=O)O)C2)cc1. The number of carboxylic acid groups (broad SMARTS) is 1. The number of anilines is 1. The van der Waals surface area contributed by atoms with E-state index in [0.29, 0.717) is 18.5 Å². The smallest absolute Gasteiger partial charge is 0.306 e. The minimum atomic E-state index is -0.800. The quantitative estimate of drug-likeness (QED) is 0.887. The first kappa shape index (κ1) is 17.3. The molecule has 2 atom stereocenters. The van der Waals surface area contributed by atoms with Crippen LogP contribution in [0.2, 0.25) is 0 Å². The van der Waals surface area contributed by atoms with Gasteiger partial charge in [-0.15, -0.1) is 0 Å². The maximum atomic E-state index is 12.3. The Bertz CT molecular complexity index is 559. The summed E-state index contributed by atoms with van der Waals surface area (Å²) in [5.41, 5.74) is 0.437. The summed E-state index contributed by atoms with van der Waals surface area (Å²) >= 11 is 0. The minimum absolute atomic E-state index is 0.0968. The van der Waals surface area contributed by atoms with Gasteiger partial charge in [-0.25, -0.2) is 0 Å². The van der Waals surface area contributed by atoms with Gasteiger partial charge in [0.1, 0.15) is 11.4 Å². The molecule has 1 fully saturated rings. The lowest BCUT2D eigenvalue weighted by Crippen LogP contribution is -2.30. The van der Waals surface area contributed by atoms with Crippen LogP contribution in [0.25, 0.3) is 0 Å². The second-order valence-electron chi connectivity index (χ2n) is 7.13. The molecular formula is C18H25NO4. The van der Waals surface area contributed by atoms with Gasteiger partial charge in [-0.2, -0.15) is 0 Å². The summed E-state index contributed by atoms with van der Waals surface area (Å²) in [6, 6.07) is 7.25. The van der Waals surface area contributed by atoms with E-state index in [1.54, 1.807) is 12.1 Å². The lowest BCUT2D eigenvalue weighted by Gasteiger charge is -2.25. The largest absolute Gasteiger partial charge is 0.488 e. The Morgan fingerprint density at radius 3 is 2.30 bits per heavy atom. The molecule has 1 aromatic carbocycles. The molecule has 0 spiro atoms. The van der Waals surface area contributed by atoms with Gasteiger partial charge in [-0.05, 0) is 64.3 Å². The maximum absolute atomic E-state index is 12.3. The predicted molar refractivity (Wildman–Crippen MR) is 88.5 cm³/mol. The maximum Gasteiger partial charge on any atom is 0.306 e. The first-order valence-electron chi connectivity index (χ1n) is 8.07. The van der Waals surface area contributed by atoms with Gasteiger partial charge < -0.3 is 15.2 Å². The lowest BCUT2D eigenvalue weighted by molar-refractivity contribution is -0.143. The number of benzene rings is 1. The molecule has 1 aromatic rings. The summed E-state index contributed by atoms with van der Waals surface area (Å²) in [6.07, 6.45) is 2.62. The fourth-order valence-electron chi connectivity index (χ4n) is 2.86. The summed E-state index contributed by atoms with van der Waals surface area (Å²) in [5, 5.41) is 12.0. The molecule has 1 aliphatic rings. The highest BCUT2D eigenvalue weighted by Gasteiger charge is 2.31. The van der Waals surface area contributed by atoms with Crippen LogP contribution >= 0.6 is 0 Å². The van der Waals surface area contributed by atoms with E-state index in [0.717, 1.165) is 18.6 Å². The fraction of sp³-hybridized carbons (Fsp3) is 0.556. The van der Waals surface area contributed by atoms with Crippen LogP contribution in [0.5, 0.6) is 5.75 Å². The van der Waals surface area contributed by atoms with Crippen molar-refractivity contribution in [3.05, 3.63) is 24.3 Å². The molecule has 0 aliphatic heterocycles.